The van der Waals surface area contributed by atoms with E-state index in [4.69, 9.17) is 9.47 Å². The Bertz CT molecular complexity index is 859. The number of amides is 2. The van der Waals surface area contributed by atoms with Gasteiger partial charge in [-0.1, -0.05) is 32.0 Å². The van der Waals surface area contributed by atoms with Crippen LogP contribution in [0.4, 0.5) is 11.4 Å². The van der Waals surface area contributed by atoms with E-state index < -0.39 is 11.3 Å². The Morgan fingerprint density at radius 3 is 2.11 bits per heavy atom. The molecular weight excluding hydrogens is 356 g/mol. The molecule has 6 nitrogen and oxygen atoms in total. The summed E-state index contributed by atoms with van der Waals surface area (Å²) >= 11 is 0. The summed E-state index contributed by atoms with van der Waals surface area (Å²) in [5.74, 6) is 0.509. The molecule has 0 unspecified atom stereocenters. The highest BCUT2D eigenvalue weighted by atomic mass is 16.5. The maximum Gasteiger partial charge on any atom is 0.239 e. The zero-order valence-electron chi connectivity index (χ0n) is 17.3. The minimum absolute atomic E-state index is 0.250. The number of anilines is 2. The van der Waals surface area contributed by atoms with Crippen LogP contribution in [0.3, 0.4) is 0 Å². The van der Waals surface area contributed by atoms with Crippen molar-refractivity contribution in [2.45, 2.75) is 33.6 Å². The molecule has 2 N–H and O–H groups in total. The van der Waals surface area contributed by atoms with Gasteiger partial charge in [0.1, 0.15) is 5.41 Å². The normalized spacial score (nSPS) is 11.1. The first-order valence-electron chi connectivity index (χ1n) is 9.14. The number of methoxy groups -OCH3 is 2. The number of rotatable bonds is 7. The molecule has 0 aliphatic heterocycles. The third-order valence-corrected chi connectivity index (χ3v) is 4.61. The highest BCUT2D eigenvalue weighted by Gasteiger charge is 2.36. The second-order valence-electron chi connectivity index (χ2n) is 7.34. The predicted octanol–water partition coefficient (Wildman–Crippen LogP) is 4.43. The summed E-state index contributed by atoms with van der Waals surface area (Å²) in [6.45, 7) is 7.30. The standard InChI is InChI=1S/C22H28N2O4/c1-14(2)16-9-7-8-10-17(16)24-21(26)22(3,4)20(25)23-15-11-12-18(27-5)19(13-15)28-6/h7-14H,1-6H3,(H,23,25)(H,24,26). The van der Waals surface area contributed by atoms with Gasteiger partial charge in [-0.3, -0.25) is 9.59 Å². The van der Waals surface area contributed by atoms with Gasteiger partial charge in [0.05, 0.1) is 14.2 Å². The van der Waals surface area contributed by atoms with Gasteiger partial charge in [0.15, 0.2) is 11.5 Å². The monoisotopic (exact) mass is 384 g/mol. The highest BCUT2D eigenvalue weighted by Crippen LogP contribution is 2.31. The lowest BCUT2D eigenvalue weighted by Crippen LogP contribution is -2.41. The largest absolute Gasteiger partial charge is 0.493 e. The van der Waals surface area contributed by atoms with E-state index in [1.807, 2.05) is 24.3 Å². The number of hydrogen-bond donors (Lipinski definition) is 2. The molecule has 2 rings (SSSR count). The Morgan fingerprint density at radius 1 is 0.893 bits per heavy atom. The Hall–Kier alpha value is -3.02. The first-order chi connectivity index (χ1) is 13.2. The average molecular weight is 384 g/mol. The fourth-order valence-corrected chi connectivity index (χ4v) is 2.70. The van der Waals surface area contributed by atoms with Crippen LogP contribution in [0.5, 0.6) is 11.5 Å². The van der Waals surface area contributed by atoms with Crippen molar-refractivity contribution in [1.82, 2.24) is 0 Å². The minimum atomic E-state index is -1.28. The summed E-state index contributed by atoms with van der Waals surface area (Å²) in [6, 6.07) is 12.6. The topological polar surface area (TPSA) is 76.7 Å². The zero-order chi connectivity index (χ0) is 20.9. The minimum Gasteiger partial charge on any atom is -0.493 e. The lowest BCUT2D eigenvalue weighted by Gasteiger charge is -2.24. The van der Waals surface area contributed by atoms with Crippen LogP contribution < -0.4 is 20.1 Å². The maximum atomic E-state index is 12.8. The van der Waals surface area contributed by atoms with Crippen LogP contribution in [-0.4, -0.2) is 26.0 Å². The molecule has 2 aromatic carbocycles. The average Bonchev–Trinajstić information content (AvgIpc) is 2.67. The first kappa shape index (κ1) is 21.3. The number of nitrogens with one attached hydrogen (secondary N) is 2. The second kappa shape index (κ2) is 8.78. The van der Waals surface area contributed by atoms with Crippen molar-refractivity contribution < 1.29 is 19.1 Å². The molecule has 0 bridgehead atoms. The molecular formula is C22H28N2O4. The van der Waals surface area contributed by atoms with Gasteiger partial charge < -0.3 is 20.1 Å². The van der Waals surface area contributed by atoms with E-state index in [2.05, 4.69) is 24.5 Å². The third-order valence-electron chi connectivity index (χ3n) is 4.61. The number of carbonyl (C=O) groups is 2. The molecule has 0 saturated heterocycles. The molecule has 150 valence electrons. The van der Waals surface area contributed by atoms with Gasteiger partial charge >= 0.3 is 0 Å². The second-order valence-corrected chi connectivity index (χ2v) is 7.34. The van der Waals surface area contributed by atoms with E-state index in [-0.39, 0.29) is 11.8 Å². The van der Waals surface area contributed by atoms with Gasteiger partial charge in [-0.15, -0.1) is 0 Å². The number of para-hydroxylation sites is 1. The molecule has 2 aromatic rings. The van der Waals surface area contributed by atoms with Crippen LogP contribution >= 0.6 is 0 Å². The Balaban J connectivity index is 2.17. The molecule has 0 aliphatic rings. The van der Waals surface area contributed by atoms with E-state index in [0.29, 0.717) is 17.2 Å². The number of carbonyl (C=O) groups excluding carboxylic acids is 2. The fourth-order valence-electron chi connectivity index (χ4n) is 2.70. The molecule has 0 aliphatic carbocycles. The van der Waals surface area contributed by atoms with Gasteiger partial charge in [-0.25, -0.2) is 0 Å². The number of benzene rings is 2. The zero-order valence-corrected chi connectivity index (χ0v) is 17.3. The first-order valence-corrected chi connectivity index (χ1v) is 9.14. The van der Waals surface area contributed by atoms with Crippen molar-refractivity contribution in [3.05, 3.63) is 48.0 Å². The lowest BCUT2D eigenvalue weighted by atomic mass is 9.90. The van der Waals surface area contributed by atoms with E-state index in [9.17, 15) is 9.59 Å². The lowest BCUT2D eigenvalue weighted by molar-refractivity contribution is -0.135. The molecule has 0 spiro atoms. The van der Waals surface area contributed by atoms with E-state index in [1.54, 1.807) is 39.2 Å². The Labute approximate surface area is 166 Å². The number of hydrogen-bond acceptors (Lipinski definition) is 4. The third kappa shape index (κ3) is 4.63. The molecule has 0 heterocycles. The molecule has 0 radical (unpaired) electrons. The van der Waals surface area contributed by atoms with Crippen molar-refractivity contribution in [3.8, 4) is 11.5 Å². The quantitative estimate of drug-likeness (QED) is 0.693. The van der Waals surface area contributed by atoms with Crippen LogP contribution in [0.1, 0.15) is 39.2 Å². The highest BCUT2D eigenvalue weighted by molar-refractivity contribution is 6.14. The summed E-state index contributed by atoms with van der Waals surface area (Å²) in [5.41, 5.74) is 0.976. The van der Waals surface area contributed by atoms with Gasteiger partial charge in [0.25, 0.3) is 0 Å². The summed E-state index contributed by atoms with van der Waals surface area (Å²) < 4.78 is 10.4. The van der Waals surface area contributed by atoms with Crippen LogP contribution in [0.25, 0.3) is 0 Å². The summed E-state index contributed by atoms with van der Waals surface area (Å²) in [6.07, 6.45) is 0. The Morgan fingerprint density at radius 2 is 1.50 bits per heavy atom. The van der Waals surface area contributed by atoms with Gasteiger partial charge in [-0.05, 0) is 43.5 Å². The molecule has 0 aromatic heterocycles. The number of ether oxygens (including phenoxy) is 2. The van der Waals surface area contributed by atoms with Gasteiger partial charge in [-0.2, -0.15) is 0 Å². The van der Waals surface area contributed by atoms with Gasteiger partial charge in [0.2, 0.25) is 11.8 Å². The molecule has 0 atom stereocenters. The molecule has 0 fully saturated rings. The molecule has 0 saturated carbocycles. The van der Waals surface area contributed by atoms with Crippen LogP contribution in [0, 0.1) is 5.41 Å². The fraction of sp³-hybridized carbons (Fsp3) is 0.364. The molecule has 2 amide bonds. The van der Waals surface area contributed by atoms with Crippen LogP contribution in [0.2, 0.25) is 0 Å². The van der Waals surface area contributed by atoms with Crippen LogP contribution in [0.15, 0.2) is 42.5 Å². The summed E-state index contributed by atoms with van der Waals surface area (Å²) in [5, 5.41) is 5.67. The van der Waals surface area contributed by atoms with E-state index >= 15 is 0 Å². The van der Waals surface area contributed by atoms with Crippen molar-refractivity contribution in [1.29, 1.82) is 0 Å². The van der Waals surface area contributed by atoms with E-state index in [1.165, 1.54) is 7.11 Å². The summed E-state index contributed by atoms with van der Waals surface area (Å²) in [7, 11) is 3.06. The van der Waals surface area contributed by atoms with Crippen molar-refractivity contribution >= 4 is 23.2 Å². The smallest absolute Gasteiger partial charge is 0.239 e. The predicted molar refractivity (Wildman–Crippen MR) is 111 cm³/mol. The van der Waals surface area contributed by atoms with E-state index in [0.717, 1.165) is 11.3 Å². The van der Waals surface area contributed by atoms with Gasteiger partial charge in [0, 0.05) is 17.4 Å². The SMILES string of the molecule is COc1ccc(NC(=O)C(C)(C)C(=O)Nc2ccccc2C(C)C)cc1OC. The van der Waals surface area contributed by atoms with Crippen molar-refractivity contribution in [2.24, 2.45) is 5.41 Å². The summed E-state index contributed by atoms with van der Waals surface area (Å²) in [4.78, 5) is 25.6. The Kier molecular flexibility index (Phi) is 6.67. The maximum absolute atomic E-state index is 12.8. The molecule has 28 heavy (non-hydrogen) atoms. The van der Waals surface area contributed by atoms with Crippen LogP contribution in [-0.2, 0) is 9.59 Å². The molecule has 6 heteroatoms. The van der Waals surface area contributed by atoms with Crippen molar-refractivity contribution in [2.75, 3.05) is 24.9 Å². The van der Waals surface area contributed by atoms with Crippen molar-refractivity contribution in [3.63, 3.8) is 0 Å².